The number of benzene rings is 1. The molecular weight excluding hydrogens is 233 g/mol. The number of aromatic nitrogens is 1. The summed E-state index contributed by atoms with van der Waals surface area (Å²) >= 11 is 11.7. The van der Waals surface area contributed by atoms with Crippen molar-refractivity contribution in [2.24, 2.45) is 0 Å². The fraction of sp³-hybridized carbons (Fsp3) is 0.182. The van der Waals surface area contributed by atoms with Crippen LogP contribution in [0.15, 0.2) is 18.2 Å². The number of aromatic amines is 1. The van der Waals surface area contributed by atoms with E-state index < -0.39 is 0 Å². The first-order valence-electron chi connectivity index (χ1n) is 4.57. The highest BCUT2D eigenvalue weighted by molar-refractivity contribution is 6.32. The monoisotopic (exact) mass is 241 g/mol. The minimum atomic E-state index is 0.538. The van der Waals surface area contributed by atoms with Crippen molar-refractivity contribution in [2.45, 2.75) is 6.42 Å². The smallest absolute Gasteiger partial charge is 0.166 e. The maximum Gasteiger partial charge on any atom is 0.166 e. The molecule has 2 rings (SSSR count). The molecule has 0 radical (unpaired) electrons. The van der Waals surface area contributed by atoms with Crippen molar-refractivity contribution in [3.05, 3.63) is 34.5 Å². The number of rotatable bonds is 3. The summed E-state index contributed by atoms with van der Waals surface area (Å²) in [7, 11) is 0. The van der Waals surface area contributed by atoms with Crippen LogP contribution in [-0.2, 0) is 6.42 Å². The number of hydrogen-bond donors (Lipinski definition) is 1. The maximum absolute atomic E-state index is 10.6. The van der Waals surface area contributed by atoms with Gasteiger partial charge in [-0.2, -0.15) is 0 Å². The highest BCUT2D eigenvalue weighted by atomic mass is 35.5. The largest absolute Gasteiger partial charge is 0.352 e. The van der Waals surface area contributed by atoms with Crippen molar-refractivity contribution < 1.29 is 4.79 Å². The van der Waals surface area contributed by atoms with E-state index in [0.717, 1.165) is 29.2 Å². The lowest BCUT2D eigenvalue weighted by Gasteiger charge is -2.01. The normalized spacial score (nSPS) is 10.8. The summed E-state index contributed by atoms with van der Waals surface area (Å²) in [6, 6.07) is 5.59. The minimum Gasteiger partial charge on any atom is -0.352 e. The molecule has 0 unspecified atom stereocenters. The molecule has 0 fully saturated rings. The second-order valence-corrected chi connectivity index (χ2v) is 4.10. The van der Waals surface area contributed by atoms with Crippen LogP contribution in [0.1, 0.15) is 16.1 Å². The van der Waals surface area contributed by atoms with Gasteiger partial charge in [0.1, 0.15) is 0 Å². The molecule has 0 saturated heterocycles. The Morgan fingerprint density at radius 1 is 1.33 bits per heavy atom. The van der Waals surface area contributed by atoms with E-state index in [-0.39, 0.29) is 0 Å². The summed E-state index contributed by atoms with van der Waals surface area (Å²) in [6.45, 7) is 0. The van der Waals surface area contributed by atoms with Gasteiger partial charge in [-0.25, -0.2) is 0 Å². The van der Waals surface area contributed by atoms with Crippen molar-refractivity contribution in [3.63, 3.8) is 0 Å². The number of halogens is 2. The first-order valence-corrected chi connectivity index (χ1v) is 5.48. The SMILES string of the molecule is O=Cc1cc2cc(CCCl)c(Cl)cc2[nH]1. The number of fused-ring (bicyclic) bond motifs is 1. The molecule has 1 heterocycles. The Morgan fingerprint density at radius 3 is 2.80 bits per heavy atom. The molecule has 0 aliphatic rings. The molecule has 1 aromatic carbocycles. The van der Waals surface area contributed by atoms with E-state index in [0.29, 0.717) is 16.6 Å². The maximum atomic E-state index is 10.6. The molecule has 0 spiro atoms. The third-order valence-corrected chi connectivity index (χ3v) is 2.84. The van der Waals surface area contributed by atoms with Gasteiger partial charge < -0.3 is 4.98 Å². The van der Waals surface area contributed by atoms with Crippen LogP contribution in [0.5, 0.6) is 0 Å². The Labute approximate surface area is 97.2 Å². The van der Waals surface area contributed by atoms with Gasteiger partial charge in [0.25, 0.3) is 0 Å². The van der Waals surface area contributed by atoms with Gasteiger partial charge in [0.15, 0.2) is 6.29 Å². The zero-order valence-electron chi connectivity index (χ0n) is 7.89. The molecule has 0 atom stereocenters. The number of nitrogens with one attached hydrogen (secondary N) is 1. The molecule has 0 aliphatic carbocycles. The summed E-state index contributed by atoms with van der Waals surface area (Å²) in [5.74, 6) is 0.538. The van der Waals surface area contributed by atoms with E-state index in [4.69, 9.17) is 23.2 Å². The summed E-state index contributed by atoms with van der Waals surface area (Å²) in [6.07, 6.45) is 1.52. The molecule has 4 heteroatoms. The summed E-state index contributed by atoms with van der Waals surface area (Å²) in [5, 5.41) is 1.67. The Morgan fingerprint density at radius 2 is 2.13 bits per heavy atom. The summed E-state index contributed by atoms with van der Waals surface area (Å²) in [5.41, 5.74) is 2.44. The number of carbonyl (C=O) groups excluding carboxylic acids is 1. The average Bonchev–Trinajstić information content (AvgIpc) is 2.61. The molecule has 0 aliphatic heterocycles. The zero-order chi connectivity index (χ0) is 10.8. The van der Waals surface area contributed by atoms with E-state index in [2.05, 4.69) is 4.98 Å². The number of aldehydes is 1. The van der Waals surface area contributed by atoms with Gasteiger partial charge in [-0.1, -0.05) is 11.6 Å². The van der Waals surface area contributed by atoms with Crippen LogP contribution in [0, 0.1) is 0 Å². The van der Waals surface area contributed by atoms with Crippen LogP contribution < -0.4 is 0 Å². The Balaban J connectivity index is 2.57. The molecule has 1 aromatic heterocycles. The lowest BCUT2D eigenvalue weighted by Crippen LogP contribution is -1.87. The van der Waals surface area contributed by atoms with E-state index >= 15 is 0 Å². The average molecular weight is 242 g/mol. The van der Waals surface area contributed by atoms with Crippen LogP contribution in [0.3, 0.4) is 0 Å². The molecule has 1 N–H and O–H groups in total. The van der Waals surface area contributed by atoms with Gasteiger partial charge in [-0.15, -0.1) is 11.6 Å². The fourth-order valence-electron chi connectivity index (χ4n) is 1.58. The van der Waals surface area contributed by atoms with Crippen molar-refractivity contribution in [3.8, 4) is 0 Å². The van der Waals surface area contributed by atoms with Gasteiger partial charge in [0.05, 0.1) is 5.69 Å². The summed E-state index contributed by atoms with van der Waals surface area (Å²) in [4.78, 5) is 13.6. The highest BCUT2D eigenvalue weighted by Crippen LogP contribution is 2.24. The Kier molecular flexibility index (Phi) is 2.98. The van der Waals surface area contributed by atoms with Gasteiger partial charge in [-0.05, 0) is 30.2 Å². The standard InChI is InChI=1S/C11H9Cl2NO/c12-2-1-7-3-8-4-9(6-15)14-11(8)5-10(7)13/h3-6,14H,1-2H2. The Hall–Kier alpha value is -0.990. The van der Waals surface area contributed by atoms with Crippen LogP contribution in [-0.4, -0.2) is 17.2 Å². The topological polar surface area (TPSA) is 32.9 Å². The van der Waals surface area contributed by atoms with Gasteiger partial charge in [0, 0.05) is 21.8 Å². The van der Waals surface area contributed by atoms with Crippen molar-refractivity contribution in [1.82, 2.24) is 4.98 Å². The predicted molar refractivity (Wildman–Crippen MR) is 63.1 cm³/mol. The predicted octanol–water partition coefficient (Wildman–Crippen LogP) is 3.42. The molecule has 0 bridgehead atoms. The van der Waals surface area contributed by atoms with Crippen LogP contribution >= 0.6 is 23.2 Å². The summed E-state index contributed by atoms with van der Waals surface area (Å²) < 4.78 is 0. The molecular formula is C11H9Cl2NO. The van der Waals surface area contributed by atoms with Crippen LogP contribution in [0.2, 0.25) is 5.02 Å². The zero-order valence-corrected chi connectivity index (χ0v) is 9.40. The molecule has 2 nitrogen and oxygen atoms in total. The van der Waals surface area contributed by atoms with Gasteiger partial charge >= 0.3 is 0 Å². The van der Waals surface area contributed by atoms with Crippen molar-refractivity contribution >= 4 is 40.4 Å². The third-order valence-electron chi connectivity index (χ3n) is 2.30. The van der Waals surface area contributed by atoms with E-state index in [1.54, 1.807) is 6.07 Å². The first-order chi connectivity index (χ1) is 7.24. The van der Waals surface area contributed by atoms with E-state index in [9.17, 15) is 4.79 Å². The number of alkyl halides is 1. The quantitative estimate of drug-likeness (QED) is 0.649. The van der Waals surface area contributed by atoms with Crippen LogP contribution in [0.4, 0.5) is 0 Å². The lowest BCUT2D eigenvalue weighted by atomic mass is 10.1. The van der Waals surface area contributed by atoms with E-state index in [1.165, 1.54) is 0 Å². The van der Waals surface area contributed by atoms with E-state index in [1.807, 2.05) is 12.1 Å². The minimum absolute atomic E-state index is 0.538. The van der Waals surface area contributed by atoms with Gasteiger partial charge in [-0.3, -0.25) is 4.79 Å². The Bertz CT molecular complexity index is 505. The molecule has 0 amide bonds. The molecule has 2 aromatic rings. The highest BCUT2D eigenvalue weighted by Gasteiger charge is 2.05. The lowest BCUT2D eigenvalue weighted by molar-refractivity contribution is 0.112. The fourth-order valence-corrected chi connectivity index (χ4v) is 2.04. The third kappa shape index (κ3) is 2.01. The second kappa shape index (κ2) is 4.25. The van der Waals surface area contributed by atoms with Crippen molar-refractivity contribution in [2.75, 3.05) is 5.88 Å². The van der Waals surface area contributed by atoms with Crippen LogP contribution in [0.25, 0.3) is 10.9 Å². The number of H-pyrrole nitrogens is 1. The molecule has 15 heavy (non-hydrogen) atoms. The molecule has 78 valence electrons. The van der Waals surface area contributed by atoms with Crippen molar-refractivity contribution in [1.29, 1.82) is 0 Å². The number of carbonyl (C=O) groups is 1. The first kappa shape index (κ1) is 10.5. The molecule has 0 saturated carbocycles. The van der Waals surface area contributed by atoms with Gasteiger partial charge in [0.2, 0.25) is 0 Å². The number of aryl methyl sites for hydroxylation is 1. The number of hydrogen-bond acceptors (Lipinski definition) is 1. The second-order valence-electron chi connectivity index (χ2n) is 3.31.